The second-order valence-corrected chi connectivity index (χ2v) is 9.26. The van der Waals surface area contributed by atoms with Crippen LogP contribution in [-0.4, -0.2) is 30.3 Å². The summed E-state index contributed by atoms with van der Waals surface area (Å²) in [4.78, 5) is 17.1. The van der Waals surface area contributed by atoms with E-state index in [1.165, 1.54) is 24.8 Å². The van der Waals surface area contributed by atoms with E-state index in [9.17, 15) is 4.79 Å². The number of nitrogens with zero attached hydrogens (tertiary/aromatic N) is 1. The average Bonchev–Trinajstić information content (AvgIpc) is 2.70. The summed E-state index contributed by atoms with van der Waals surface area (Å²) in [5.41, 5.74) is 2.50. The standard InChI is InChI=1S/C24H35N3O2/c1-3-4-5-7-17(2)22(28)29-23-24(16-26-23)14-18(15-24)9-11-20-12-10-19-8-6-13-25-21(19)27-20/h9-12,17-18,23,26H,3-8,13-16H2,1-2H3,(H,25,27). The summed E-state index contributed by atoms with van der Waals surface area (Å²) in [7, 11) is 0. The molecule has 5 nitrogen and oxygen atoms in total. The summed E-state index contributed by atoms with van der Waals surface area (Å²) in [6, 6.07) is 4.32. The van der Waals surface area contributed by atoms with Crippen molar-refractivity contribution in [3.63, 3.8) is 0 Å². The van der Waals surface area contributed by atoms with Crippen LogP contribution in [0.25, 0.3) is 6.08 Å². The highest BCUT2D eigenvalue weighted by Gasteiger charge is 2.56. The van der Waals surface area contributed by atoms with Crippen LogP contribution in [0.4, 0.5) is 5.82 Å². The van der Waals surface area contributed by atoms with Crippen LogP contribution in [-0.2, 0) is 16.0 Å². The van der Waals surface area contributed by atoms with Crippen molar-refractivity contribution in [3.05, 3.63) is 29.5 Å². The van der Waals surface area contributed by atoms with Crippen molar-refractivity contribution in [1.29, 1.82) is 0 Å². The summed E-state index contributed by atoms with van der Waals surface area (Å²) in [6.45, 7) is 6.16. The fourth-order valence-corrected chi connectivity index (χ4v) is 4.84. The van der Waals surface area contributed by atoms with Crippen molar-refractivity contribution in [2.24, 2.45) is 17.3 Å². The molecule has 2 N–H and O–H groups in total. The molecule has 3 aliphatic rings. The number of aryl methyl sites for hydroxylation is 1. The third-order valence-corrected chi connectivity index (χ3v) is 6.87. The maximum absolute atomic E-state index is 12.4. The molecule has 1 aromatic rings. The van der Waals surface area contributed by atoms with Gasteiger partial charge in [-0.25, -0.2) is 4.98 Å². The first-order valence-corrected chi connectivity index (χ1v) is 11.5. The molecule has 5 heteroatoms. The third-order valence-electron chi connectivity index (χ3n) is 6.87. The van der Waals surface area contributed by atoms with Crippen LogP contribution >= 0.6 is 0 Å². The summed E-state index contributed by atoms with van der Waals surface area (Å²) in [6.07, 6.45) is 13.2. The molecular weight excluding hydrogens is 362 g/mol. The van der Waals surface area contributed by atoms with E-state index < -0.39 is 0 Å². The topological polar surface area (TPSA) is 63.2 Å². The molecule has 2 fully saturated rings. The normalized spacial score (nSPS) is 28.9. The van der Waals surface area contributed by atoms with E-state index in [0.29, 0.717) is 5.92 Å². The van der Waals surface area contributed by atoms with Crippen LogP contribution in [0.1, 0.15) is 70.1 Å². The molecule has 1 aromatic heterocycles. The predicted molar refractivity (Wildman–Crippen MR) is 116 cm³/mol. The zero-order valence-electron chi connectivity index (χ0n) is 17.9. The molecule has 158 valence electrons. The number of nitrogens with one attached hydrogen (secondary N) is 2. The number of esters is 1. The number of anilines is 1. The molecule has 4 rings (SSSR count). The van der Waals surface area contributed by atoms with Crippen molar-refractivity contribution in [1.82, 2.24) is 10.3 Å². The smallest absolute Gasteiger partial charge is 0.310 e. The molecule has 1 aliphatic carbocycles. The van der Waals surface area contributed by atoms with Gasteiger partial charge in [-0.2, -0.15) is 0 Å². The highest BCUT2D eigenvalue weighted by atomic mass is 16.6. The Morgan fingerprint density at radius 3 is 3.00 bits per heavy atom. The number of ether oxygens (including phenoxy) is 1. The second-order valence-electron chi connectivity index (χ2n) is 9.26. The van der Waals surface area contributed by atoms with Gasteiger partial charge in [0.1, 0.15) is 5.82 Å². The van der Waals surface area contributed by atoms with Crippen molar-refractivity contribution < 1.29 is 9.53 Å². The SMILES string of the molecule is CCCCCC(C)C(=O)OC1NCC12CC(C=Cc1ccc3c(n1)NCCC3)C2. The van der Waals surface area contributed by atoms with Gasteiger partial charge in [0.15, 0.2) is 6.23 Å². The number of rotatable bonds is 8. The lowest BCUT2D eigenvalue weighted by Crippen LogP contribution is -2.69. The Morgan fingerprint density at radius 1 is 1.38 bits per heavy atom. The number of unbranched alkanes of at least 4 members (excludes halogenated alkanes) is 2. The van der Waals surface area contributed by atoms with Crippen LogP contribution in [0.2, 0.25) is 0 Å². The quantitative estimate of drug-likeness (QED) is 0.498. The monoisotopic (exact) mass is 397 g/mol. The molecule has 0 amide bonds. The average molecular weight is 398 g/mol. The lowest BCUT2D eigenvalue weighted by Gasteiger charge is -2.58. The molecule has 0 radical (unpaired) electrons. The minimum Gasteiger partial charge on any atom is -0.446 e. The van der Waals surface area contributed by atoms with Gasteiger partial charge >= 0.3 is 5.97 Å². The van der Waals surface area contributed by atoms with Crippen molar-refractivity contribution in [3.8, 4) is 0 Å². The van der Waals surface area contributed by atoms with Crippen LogP contribution in [0.5, 0.6) is 0 Å². The number of pyridine rings is 1. The summed E-state index contributed by atoms with van der Waals surface area (Å²) in [5.74, 6) is 1.56. The molecule has 2 aliphatic heterocycles. The van der Waals surface area contributed by atoms with E-state index in [4.69, 9.17) is 9.72 Å². The molecule has 0 aromatic carbocycles. The van der Waals surface area contributed by atoms with E-state index >= 15 is 0 Å². The van der Waals surface area contributed by atoms with Crippen LogP contribution in [0.3, 0.4) is 0 Å². The number of hydrogen-bond donors (Lipinski definition) is 2. The van der Waals surface area contributed by atoms with Crippen molar-refractivity contribution in [2.45, 2.75) is 71.4 Å². The summed E-state index contributed by atoms with van der Waals surface area (Å²) in [5, 5.41) is 6.73. The number of fused-ring (bicyclic) bond motifs is 1. The number of carbonyl (C=O) groups is 1. The van der Waals surface area contributed by atoms with Gasteiger partial charge < -0.3 is 10.1 Å². The Balaban J connectivity index is 1.25. The molecular formula is C24H35N3O2. The highest BCUT2D eigenvalue weighted by Crippen LogP contribution is 2.53. The first kappa shape index (κ1) is 20.4. The molecule has 0 bridgehead atoms. The van der Waals surface area contributed by atoms with E-state index in [2.05, 4.69) is 41.8 Å². The number of carbonyl (C=O) groups excluding carboxylic acids is 1. The van der Waals surface area contributed by atoms with E-state index in [-0.39, 0.29) is 23.5 Å². The first-order chi connectivity index (χ1) is 14.1. The third kappa shape index (κ3) is 4.50. The molecule has 1 saturated heterocycles. The van der Waals surface area contributed by atoms with E-state index in [1.807, 2.05) is 6.92 Å². The van der Waals surface area contributed by atoms with Crippen molar-refractivity contribution >= 4 is 17.9 Å². The number of allylic oxidation sites excluding steroid dienone is 1. The molecule has 2 unspecified atom stereocenters. The molecule has 3 heterocycles. The zero-order valence-corrected chi connectivity index (χ0v) is 17.9. The first-order valence-electron chi connectivity index (χ1n) is 11.5. The highest BCUT2D eigenvalue weighted by molar-refractivity contribution is 5.72. The van der Waals surface area contributed by atoms with Gasteiger partial charge in [0.2, 0.25) is 0 Å². The fraction of sp³-hybridized carbons (Fsp3) is 0.667. The summed E-state index contributed by atoms with van der Waals surface area (Å²) >= 11 is 0. The lowest BCUT2D eigenvalue weighted by molar-refractivity contribution is -0.194. The van der Waals surface area contributed by atoms with Crippen LogP contribution < -0.4 is 10.6 Å². The van der Waals surface area contributed by atoms with Gasteiger partial charge in [0.25, 0.3) is 0 Å². The largest absolute Gasteiger partial charge is 0.446 e. The van der Waals surface area contributed by atoms with Gasteiger partial charge in [0.05, 0.1) is 11.6 Å². The van der Waals surface area contributed by atoms with E-state index in [1.54, 1.807) is 0 Å². The van der Waals surface area contributed by atoms with Gasteiger partial charge in [-0.15, -0.1) is 0 Å². The van der Waals surface area contributed by atoms with Gasteiger partial charge in [-0.1, -0.05) is 45.3 Å². The minimum atomic E-state index is -0.0978. The Bertz CT molecular complexity index is 754. The summed E-state index contributed by atoms with van der Waals surface area (Å²) < 4.78 is 5.82. The van der Waals surface area contributed by atoms with Crippen molar-refractivity contribution in [2.75, 3.05) is 18.4 Å². The minimum absolute atomic E-state index is 0.000428. The second kappa shape index (κ2) is 8.86. The number of aromatic nitrogens is 1. The Hall–Kier alpha value is -1.88. The Kier molecular flexibility index (Phi) is 6.23. The maximum atomic E-state index is 12.4. The molecule has 1 saturated carbocycles. The molecule has 2 atom stereocenters. The lowest BCUT2D eigenvalue weighted by atomic mass is 9.57. The predicted octanol–water partition coefficient (Wildman–Crippen LogP) is 4.54. The maximum Gasteiger partial charge on any atom is 0.310 e. The van der Waals surface area contributed by atoms with Crippen LogP contribution in [0.15, 0.2) is 18.2 Å². The Labute approximate surface area is 174 Å². The van der Waals surface area contributed by atoms with Gasteiger partial charge in [-0.05, 0) is 55.7 Å². The molecule has 1 spiro atoms. The van der Waals surface area contributed by atoms with Gasteiger partial charge in [-0.3, -0.25) is 10.1 Å². The molecule has 29 heavy (non-hydrogen) atoms. The van der Waals surface area contributed by atoms with Crippen LogP contribution in [0, 0.1) is 17.3 Å². The fourth-order valence-electron chi connectivity index (χ4n) is 4.84. The van der Waals surface area contributed by atoms with E-state index in [0.717, 1.165) is 56.7 Å². The Morgan fingerprint density at radius 2 is 2.24 bits per heavy atom. The number of hydrogen-bond acceptors (Lipinski definition) is 5. The van der Waals surface area contributed by atoms with Gasteiger partial charge in [0, 0.05) is 18.5 Å². The zero-order chi connectivity index (χ0) is 20.3.